The maximum Gasteiger partial charge on any atom is 0.329 e. The van der Waals surface area contributed by atoms with Crippen LogP contribution in [0.25, 0.3) is 11.2 Å². The highest BCUT2D eigenvalue weighted by Crippen LogP contribution is 2.33. The highest BCUT2D eigenvalue weighted by molar-refractivity contribution is 6.30. The molecule has 0 saturated carbocycles. The molecule has 0 amide bonds. The number of hydrogen-bond donors (Lipinski definition) is 1. The maximum atomic E-state index is 12.3. The fourth-order valence-corrected chi connectivity index (χ4v) is 3.41. The van der Waals surface area contributed by atoms with Crippen LogP contribution in [0.1, 0.15) is 6.92 Å². The molecule has 4 rings (SSSR count). The number of aryl methyl sites for hydroxylation is 1. The number of aromatic amines is 1. The zero-order valence-electron chi connectivity index (χ0n) is 13.3. The summed E-state index contributed by atoms with van der Waals surface area (Å²) in [7, 11) is 1.60. The first-order valence-electron chi connectivity index (χ1n) is 7.68. The smallest absolute Gasteiger partial charge is 0.312 e. The summed E-state index contributed by atoms with van der Waals surface area (Å²) in [5.74, 6) is 0.961. The molecule has 3 aromatic rings. The van der Waals surface area contributed by atoms with Gasteiger partial charge in [-0.1, -0.05) is 24.6 Å². The third-order valence-electron chi connectivity index (χ3n) is 4.34. The van der Waals surface area contributed by atoms with Crippen molar-refractivity contribution in [2.24, 2.45) is 13.0 Å². The minimum Gasteiger partial charge on any atom is -0.312 e. The molecule has 3 heterocycles. The molecule has 0 radical (unpaired) electrons. The summed E-state index contributed by atoms with van der Waals surface area (Å²) in [6.07, 6.45) is 0. The van der Waals surface area contributed by atoms with E-state index in [1.807, 2.05) is 33.7 Å². The van der Waals surface area contributed by atoms with Crippen LogP contribution in [0, 0.1) is 5.92 Å². The summed E-state index contributed by atoms with van der Waals surface area (Å²) in [6, 6.07) is 7.52. The first-order chi connectivity index (χ1) is 11.5. The van der Waals surface area contributed by atoms with Crippen molar-refractivity contribution in [2.45, 2.75) is 13.5 Å². The number of H-pyrrole nitrogens is 1. The largest absolute Gasteiger partial charge is 0.329 e. The number of nitrogens with zero attached hydrogens (tertiary/aromatic N) is 4. The molecule has 1 atom stereocenters. The van der Waals surface area contributed by atoms with Crippen molar-refractivity contribution in [3.63, 3.8) is 0 Å². The summed E-state index contributed by atoms with van der Waals surface area (Å²) in [6.45, 7) is 3.54. The van der Waals surface area contributed by atoms with Gasteiger partial charge in [0.25, 0.3) is 5.56 Å². The Hall–Kier alpha value is -2.54. The van der Waals surface area contributed by atoms with Gasteiger partial charge in [-0.25, -0.2) is 4.79 Å². The average Bonchev–Trinajstić information content (AvgIpc) is 2.91. The van der Waals surface area contributed by atoms with Gasteiger partial charge in [-0.2, -0.15) is 4.98 Å². The van der Waals surface area contributed by atoms with Crippen LogP contribution in [0.5, 0.6) is 0 Å². The van der Waals surface area contributed by atoms with Gasteiger partial charge in [0.05, 0.1) is 0 Å². The second kappa shape index (κ2) is 5.24. The van der Waals surface area contributed by atoms with Crippen molar-refractivity contribution < 1.29 is 0 Å². The Bertz CT molecular complexity index is 1060. The molecule has 124 valence electrons. The monoisotopic (exact) mass is 345 g/mol. The van der Waals surface area contributed by atoms with Gasteiger partial charge in [-0.05, 0) is 24.1 Å². The van der Waals surface area contributed by atoms with Crippen molar-refractivity contribution in [1.82, 2.24) is 19.1 Å². The molecule has 8 heteroatoms. The molecule has 0 spiro atoms. The minimum absolute atomic E-state index is 0.311. The first kappa shape index (κ1) is 15.0. The zero-order chi connectivity index (χ0) is 17.0. The lowest BCUT2D eigenvalue weighted by molar-refractivity contribution is 0.458. The lowest BCUT2D eigenvalue weighted by Crippen LogP contribution is -2.35. The number of aromatic nitrogens is 4. The Balaban J connectivity index is 2.02. The predicted molar refractivity (Wildman–Crippen MR) is 93.2 cm³/mol. The number of imidazole rings is 1. The van der Waals surface area contributed by atoms with Crippen molar-refractivity contribution in [1.29, 1.82) is 0 Å². The molecule has 0 bridgehead atoms. The van der Waals surface area contributed by atoms with Gasteiger partial charge < -0.3 is 9.47 Å². The summed E-state index contributed by atoms with van der Waals surface area (Å²) in [5, 5.41) is 0.638. The molecular formula is C16H16ClN5O2. The normalized spacial score (nSPS) is 17.3. The van der Waals surface area contributed by atoms with Crippen LogP contribution in [0.3, 0.4) is 0 Å². The molecule has 0 unspecified atom stereocenters. The molecule has 0 saturated heterocycles. The standard InChI is InChI=1S/C16H16ClN5O2/c1-9-7-21(11-5-3-4-10(17)6-11)15-18-13-12(22(15)8-9)14(23)19-16(24)20(13)2/h3-6,9H,7-8H2,1-2H3,(H,19,23,24)/t9-/m1/s1. The summed E-state index contributed by atoms with van der Waals surface area (Å²) < 4.78 is 3.24. The van der Waals surface area contributed by atoms with Gasteiger partial charge >= 0.3 is 5.69 Å². The van der Waals surface area contributed by atoms with Crippen LogP contribution in [0.15, 0.2) is 33.9 Å². The van der Waals surface area contributed by atoms with Crippen LogP contribution in [-0.2, 0) is 13.6 Å². The van der Waals surface area contributed by atoms with E-state index in [0.717, 1.165) is 12.2 Å². The topological polar surface area (TPSA) is 75.9 Å². The molecule has 1 aromatic carbocycles. The average molecular weight is 346 g/mol. The number of anilines is 2. The van der Waals surface area contributed by atoms with E-state index in [1.165, 1.54) is 4.57 Å². The van der Waals surface area contributed by atoms with Gasteiger partial charge in [-0.3, -0.25) is 14.3 Å². The Morgan fingerprint density at radius 2 is 2.08 bits per heavy atom. The minimum atomic E-state index is -0.467. The zero-order valence-corrected chi connectivity index (χ0v) is 14.0. The SMILES string of the molecule is C[C@@H]1CN(c2cccc(Cl)c2)c2nc3c(c(=O)[nH]c(=O)n3C)n2C1. The molecule has 2 aromatic heterocycles. The van der Waals surface area contributed by atoms with E-state index in [9.17, 15) is 9.59 Å². The van der Waals surface area contributed by atoms with E-state index < -0.39 is 11.2 Å². The Kier molecular flexibility index (Phi) is 3.28. The third-order valence-corrected chi connectivity index (χ3v) is 4.57. The van der Waals surface area contributed by atoms with Crippen molar-refractivity contribution in [2.75, 3.05) is 11.4 Å². The van der Waals surface area contributed by atoms with Gasteiger partial charge in [-0.15, -0.1) is 0 Å². The van der Waals surface area contributed by atoms with Gasteiger partial charge in [0, 0.05) is 30.8 Å². The molecule has 0 fully saturated rings. The van der Waals surface area contributed by atoms with Crippen molar-refractivity contribution in [3.8, 4) is 0 Å². The fourth-order valence-electron chi connectivity index (χ4n) is 3.23. The predicted octanol–water partition coefficient (Wildman–Crippen LogP) is 1.86. The second-order valence-electron chi connectivity index (χ2n) is 6.21. The van der Waals surface area contributed by atoms with E-state index in [4.69, 9.17) is 11.6 Å². The summed E-state index contributed by atoms with van der Waals surface area (Å²) in [4.78, 5) is 33.1. The number of fused-ring (bicyclic) bond motifs is 3. The Morgan fingerprint density at radius 3 is 2.83 bits per heavy atom. The number of rotatable bonds is 1. The second-order valence-corrected chi connectivity index (χ2v) is 6.64. The van der Waals surface area contributed by atoms with E-state index in [1.54, 1.807) is 7.05 Å². The van der Waals surface area contributed by atoms with E-state index >= 15 is 0 Å². The molecular weight excluding hydrogens is 330 g/mol. The summed E-state index contributed by atoms with van der Waals surface area (Å²) in [5.41, 5.74) is 0.842. The van der Waals surface area contributed by atoms with Crippen molar-refractivity contribution in [3.05, 3.63) is 50.1 Å². The highest BCUT2D eigenvalue weighted by Gasteiger charge is 2.28. The number of benzene rings is 1. The quantitative estimate of drug-likeness (QED) is 0.730. The molecule has 7 nitrogen and oxygen atoms in total. The third kappa shape index (κ3) is 2.16. The van der Waals surface area contributed by atoms with Crippen LogP contribution in [0.2, 0.25) is 5.02 Å². The molecule has 0 aliphatic carbocycles. The number of nitrogens with one attached hydrogen (secondary N) is 1. The fraction of sp³-hybridized carbons (Fsp3) is 0.312. The maximum absolute atomic E-state index is 12.3. The Labute approximate surface area is 142 Å². The lowest BCUT2D eigenvalue weighted by Gasteiger charge is -2.33. The van der Waals surface area contributed by atoms with E-state index in [-0.39, 0.29) is 0 Å². The van der Waals surface area contributed by atoms with E-state index in [0.29, 0.717) is 34.6 Å². The first-order valence-corrected chi connectivity index (χ1v) is 8.06. The van der Waals surface area contributed by atoms with Crippen LogP contribution in [-0.4, -0.2) is 25.6 Å². The van der Waals surface area contributed by atoms with Crippen LogP contribution in [0.4, 0.5) is 11.6 Å². The van der Waals surface area contributed by atoms with Crippen molar-refractivity contribution >= 4 is 34.4 Å². The molecule has 1 aliphatic heterocycles. The molecule has 24 heavy (non-hydrogen) atoms. The van der Waals surface area contributed by atoms with Gasteiger partial charge in [0.15, 0.2) is 11.2 Å². The van der Waals surface area contributed by atoms with Gasteiger partial charge in [0.2, 0.25) is 5.95 Å². The summed E-state index contributed by atoms with van der Waals surface area (Å²) >= 11 is 6.12. The Morgan fingerprint density at radius 1 is 1.29 bits per heavy atom. The lowest BCUT2D eigenvalue weighted by atomic mass is 10.1. The number of halogens is 1. The van der Waals surface area contributed by atoms with E-state index in [2.05, 4.69) is 16.9 Å². The molecule has 1 N–H and O–H groups in total. The van der Waals surface area contributed by atoms with Gasteiger partial charge in [0.1, 0.15) is 0 Å². The van der Waals surface area contributed by atoms with Crippen LogP contribution >= 0.6 is 11.6 Å². The number of hydrogen-bond acceptors (Lipinski definition) is 4. The highest BCUT2D eigenvalue weighted by atomic mass is 35.5. The van der Waals surface area contributed by atoms with Crippen LogP contribution < -0.4 is 16.1 Å². The molecule has 1 aliphatic rings.